The zero-order valence-corrected chi connectivity index (χ0v) is 12.5. The average molecular weight is 297 g/mol. The van der Waals surface area contributed by atoms with Gasteiger partial charge in [0.2, 0.25) is 10.0 Å². The summed E-state index contributed by atoms with van der Waals surface area (Å²) in [4.78, 5) is 11.8. The van der Waals surface area contributed by atoms with Crippen molar-refractivity contribution in [2.45, 2.75) is 37.1 Å². The number of rotatable bonds is 5. The number of ether oxygens (including phenoxy) is 1. The molecule has 1 fully saturated rings. The lowest BCUT2D eigenvalue weighted by Crippen LogP contribution is -2.46. The van der Waals surface area contributed by atoms with Crippen molar-refractivity contribution in [3.05, 3.63) is 29.8 Å². The van der Waals surface area contributed by atoms with Crippen molar-refractivity contribution in [1.29, 1.82) is 0 Å². The minimum Gasteiger partial charge on any atom is -0.379 e. The Balaban J connectivity index is 2.27. The first-order valence-corrected chi connectivity index (χ1v) is 8.10. The molecule has 0 radical (unpaired) electrons. The maximum Gasteiger partial charge on any atom is 0.241 e. The molecule has 110 valence electrons. The highest BCUT2D eigenvalue weighted by molar-refractivity contribution is 7.89. The van der Waals surface area contributed by atoms with Gasteiger partial charge in [-0.15, -0.1) is 0 Å². The molecule has 0 amide bonds. The van der Waals surface area contributed by atoms with Crippen LogP contribution in [-0.4, -0.2) is 33.0 Å². The number of carbonyl (C=O) groups excluding carboxylic acids is 1. The summed E-state index contributed by atoms with van der Waals surface area (Å²) in [7, 11) is -3.65. The third kappa shape index (κ3) is 3.26. The topological polar surface area (TPSA) is 72.5 Å². The highest BCUT2D eigenvalue weighted by Gasteiger charge is 2.34. The second-order valence-electron chi connectivity index (χ2n) is 5.27. The number of benzene rings is 1. The van der Waals surface area contributed by atoms with Crippen LogP contribution in [0.1, 0.15) is 37.0 Å². The molecular weight excluding hydrogens is 278 g/mol. The second kappa shape index (κ2) is 5.63. The molecule has 1 saturated heterocycles. The molecule has 5 nitrogen and oxygen atoms in total. The van der Waals surface area contributed by atoms with Gasteiger partial charge in [-0.25, -0.2) is 13.1 Å². The molecule has 1 aromatic carbocycles. The van der Waals surface area contributed by atoms with E-state index in [-0.39, 0.29) is 10.7 Å². The summed E-state index contributed by atoms with van der Waals surface area (Å²) in [6, 6.07) is 6.14. The standard InChI is InChI=1S/C14H19NO4S/c1-3-13(16)11-5-4-6-12(9-11)20(17,18)15-14(2)7-8-19-10-14/h4-6,9,15H,3,7-8,10H2,1-2H3. The van der Waals surface area contributed by atoms with E-state index in [1.807, 2.05) is 6.92 Å². The van der Waals surface area contributed by atoms with Crippen LogP contribution in [0, 0.1) is 0 Å². The number of Topliss-reactive ketones (excluding diaryl/α,β-unsaturated/α-hetero) is 1. The smallest absolute Gasteiger partial charge is 0.241 e. The molecule has 1 heterocycles. The van der Waals surface area contributed by atoms with Gasteiger partial charge < -0.3 is 4.74 Å². The van der Waals surface area contributed by atoms with Gasteiger partial charge in [0.05, 0.1) is 17.0 Å². The largest absolute Gasteiger partial charge is 0.379 e. The van der Waals surface area contributed by atoms with Crippen LogP contribution < -0.4 is 4.72 Å². The van der Waals surface area contributed by atoms with E-state index in [9.17, 15) is 13.2 Å². The lowest BCUT2D eigenvalue weighted by atomic mass is 10.0. The molecule has 0 aromatic heterocycles. The van der Waals surface area contributed by atoms with E-state index in [2.05, 4.69) is 4.72 Å². The van der Waals surface area contributed by atoms with Gasteiger partial charge in [-0.1, -0.05) is 19.1 Å². The zero-order valence-electron chi connectivity index (χ0n) is 11.7. The first kappa shape index (κ1) is 15.2. The summed E-state index contributed by atoms with van der Waals surface area (Å²) in [5.41, 5.74) is -0.160. The minimum absolute atomic E-state index is 0.0718. The Morgan fingerprint density at radius 3 is 2.80 bits per heavy atom. The quantitative estimate of drug-likeness (QED) is 0.840. The number of hydrogen-bond donors (Lipinski definition) is 1. The number of ketones is 1. The van der Waals surface area contributed by atoms with Crippen LogP contribution in [0.25, 0.3) is 0 Å². The highest BCUT2D eigenvalue weighted by atomic mass is 32.2. The van der Waals surface area contributed by atoms with Crippen LogP contribution in [0.3, 0.4) is 0 Å². The van der Waals surface area contributed by atoms with E-state index in [0.29, 0.717) is 31.6 Å². The van der Waals surface area contributed by atoms with Gasteiger partial charge in [0.15, 0.2) is 5.78 Å². The fourth-order valence-electron chi connectivity index (χ4n) is 2.17. The Labute approximate surface area is 119 Å². The second-order valence-corrected chi connectivity index (χ2v) is 6.96. The van der Waals surface area contributed by atoms with Crippen LogP contribution in [0.4, 0.5) is 0 Å². The van der Waals surface area contributed by atoms with E-state index >= 15 is 0 Å². The molecule has 1 atom stereocenters. The number of carbonyl (C=O) groups is 1. The fourth-order valence-corrected chi connectivity index (χ4v) is 3.64. The normalized spacial score (nSPS) is 22.9. The SMILES string of the molecule is CCC(=O)c1cccc(S(=O)(=O)NC2(C)CCOC2)c1. The third-order valence-electron chi connectivity index (χ3n) is 3.39. The first-order chi connectivity index (χ1) is 9.36. The number of nitrogens with one attached hydrogen (secondary N) is 1. The minimum atomic E-state index is -3.65. The highest BCUT2D eigenvalue weighted by Crippen LogP contribution is 2.22. The molecule has 0 spiro atoms. The summed E-state index contributed by atoms with van der Waals surface area (Å²) < 4.78 is 32.7. The van der Waals surface area contributed by atoms with Crippen molar-refractivity contribution in [3.63, 3.8) is 0 Å². The molecule has 1 aromatic rings. The van der Waals surface area contributed by atoms with E-state index < -0.39 is 15.6 Å². The molecule has 0 aliphatic carbocycles. The maximum absolute atomic E-state index is 12.4. The Morgan fingerprint density at radius 2 is 2.20 bits per heavy atom. The van der Waals surface area contributed by atoms with Crippen LogP contribution in [0.5, 0.6) is 0 Å². The molecule has 1 unspecified atom stereocenters. The molecule has 1 aliphatic rings. The van der Waals surface area contributed by atoms with Gasteiger partial charge in [-0.2, -0.15) is 0 Å². The monoisotopic (exact) mass is 297 g/mol. The molecule has 1 N–H and O–H groups in total. The van der Waals surface area contributed by atoms with Gasteiger partial charge in [0, 0.05) is 18.6 Å². The van der Waals surface area contributed by atoms with Crippen LogP contribution in [0.15, 0.2) is 29.2 Å². The molecule has 2 rings (SSSR count). The third-order valence-corrected chi connectivity index (χ3v) is 5.02. The van der Waals surface area contributed by atoms with Crippen molar-refractivity contribution >= 4 is 15.8 Å². The van der Waals surface area contributed by atoms with Crippen molar-refractivity contribution in [2.24, 2.45) is 0 Å². The summed E-state index contributed by atoms with van der Waals surface area (Å²) in [6.45, 7) is 4.48. The van der Waals surface area contributed by atoms with Gasteiger partial charge in [0.1, 0.15) is 0 Å². The predicted octanol–water partition coefficient (Wildman–Crippen LogP) is 1.74. The van der Waals surface area contributed by atoms with E-state index in [4.69, 9.17) is 4.74 Å². The van der Waals surface area contributed by atoms with Crippen LogP contribution in [-0.2, 0) is 14.8 Å². The van der Waals surface area contributed by atoms with E-state index in [1.165, 1.54) is 12.1 Å². The maximum atomic E-state index is 12.4. The molecule has 0 saturated carbocycles. The van der Waals surface area contributed by atoms with E-state index in [1.54, 1.807) is 19.1 Å². The number of sulfonamides is 1. The van der Waals surface area contributed by atoms with Gasteiger partial charge in [0.25, 0.3) is 0 Å². The van der Waals surface area contributed by atoms with Gasteiger partial charge in [-0.3, -0.25) is 4.79 Å². The molecule has 0 bridgehead atoms. The molecule has 20 heavy (non-hydrogen) atoms. The van der Waals surface area contributed by atoms with Crippen LogP contribution in [0.2, 0.25) is 0 Å². The summed E-state index contributed by atoms with van der Waals surface area (Å²) in [6.07, 6.45) is 0.988. The van der Waals surface area contributed by atoms with Crippen LogP contribution >= 0.6 is 0 Å². The average Bonchev–Trinajstić information content (AvgIpc) is 2.83. The Hall–Kier alpha value is -1.24. The lowest BCUT2D eigenvalue weighted by Gasteiger charge is -2.23. The van der Waals surface area contributed by atoms with Gasteiger partial charge >= 0.3 is 0 Å². The summed E-state index contributed by atoms with van der Waals surface area (Å²) >= 11 is 0. The number of hydrogen-bond acceptors (Lipinski definition) is 4. The van der Waals surface area contributed by atoms with Crippen molar-refractivity contribution in [2.75, 3.05) is 13.2 Å². The first-order valence-electron chi connectivity index (χ1n) is 6.61. The Morgan fingerprint density at radius 1 is 1.45 bits per heavy atom. The summed E-state index contributed by atoms with van der Waals surface area (Å²) in [5, 5.41) is 0. The zero-order chi connectivity index (χ0) is 14.8. The Bertz CT molecular complexity index is 603. The Kier molecular flexibility index (Phi) is 4.27. The molecular formula is C14H19NO4S. The molecule has 1 aliphatic heterocycles. The van der Waals surface area contributed by atoms with E-state index in [0.717, 1.165) is 0 Å². The van der Waals surface area contributed by atoms with Crippen molar-refractivity contribution < 1.29 is 17.9 Å². The van der Waals surface area contributed by atoms with Crippen molar-refractivity contribution in [3.8, 4) is 0 Å². The fraction of sp³-hybridized carbons (Fsp3) is 0.500. The lowest BCUT2D eigenvalue weighted by molar-refractivity contribution is 0.0988. The van der Waals surface area contributed by atoms with Crippen molar-refractivity contribution in [1.82, 2.24) is 4.72 Å². The predicted molar refractivity (Wildman–Crippen MR) is 75.2 cm³/mol. The van der Waals surface area contributed by atoms with Gasteiger partial charge in [-0.05, 0) is 25.5 Å². The summed E-state index contributed by atoms with van der Waals surface area (Å²) in [5.74, 6) is -0.0718. The molecule has 6 heteroatoms.